The largest absolute Gasteiger partial charge is 0.370 e. The molecule has 0 bridgehead atoms. The molecular formula is C15H29N9O3. The molecule has 10 N–H and O–H groups in total. The van der Waals surface area contributed by atoms with Crippen LogP contribution in [0.4, 0.5) is 4.79 Å². The summed E-state index contributed by atoms with van der Waals surface area (Å²) >= 11 is 0. The van der Waals surface area contributed by atoms with Gasteiger partial charge in [0.1, 0.15) is 5.54 Å². The number of nitrogens with one attached hydrogen (secondary N) is 2. The Hall–Kier alpha value is -2.89. The molecule has 0 saturated carbocycles. The van der Waals surface area contributed by atoms with E-state index in [0.717, 1.165) is 0 Å². The molecule has 0 radical (unpaired) electrons. The van der Waals surface area contributed by atoms with Gasteiger partial charge >= 0.3 is 6.03 Å². The fraction of sp³-hybridized carbons (Fsp3) is 0.667. The van der Waals surface area contributed by atoms with Crippen molar-refractivity contribution >= 4 is 29.8 Å². The molecule has 152 valence electrons. The van der Waals surface area contributed by atoms with Crippen molar-refractivity contribution in [3.05, 3.63) is 0 Å². The van der Waals surface area contributed by atoms with E-state index in [-0.39, 0.29) is 36.8 Å². The Morgan fingerprint density at radius 3 is 2.59 bits per heavy atom. The van der Waals surface area contributed by atoms with Gasteiger partial charge < -0.3 is 27.8 Å². The molecule has 1 heterocycles. The Balaban J connectivity index is 2.71. The predicted octanol–water partition coefficient (Wildman–Crippen LogP) is -2.48. The smallest absolute Gasteiger partial charge is 0.318 e. The van der Waals surface area contributed by atoms with E-state index in [0.29, 0.717) is 25.8 Å². The minimum Gasteiger partial charge on any atom is -0.370 e. The molecule has 0 fully saturated rings. The van der Waals surface area contributed by atoms with E-state index in [4.69, 9.17) is 22.9 Å². The zero-order valence-electron chi connectivity index (χ0n) is 15.7. The lowest BCUT2D eigenvalue weighted by Gasteiger charge is -2.41. The van der Waals surface area contributed by atoms with Crippen molar-refractivity contribution in [1.29, 1.82) is 0 Å². The molecule has 0 unspecified atom stereocenters. The first-order valence-electron chi connectivity index (χ1n) is 8.62. The van der Waals surface area contributed by atoms with Gasteiger partial charge in [0.2, 0.25) is 11.9 Å². The first kappa shape index (κ1) is 22.2. The second-order valence-electron chi connectivity index (χ2n) is 6.36. The number of hydrogen-bond acceptors (Lipinski definition) is 6. The number of likely N-dealkylation sites (N-methyl/N-ethyl adjacent to an activating group) is 1. The number of primary amides is 1. The monoisotopic (exact) mass is 383 g/mol. The van der Waals surface area contributed by atoms with Gasteiger partial charge in [-0.25, -0.2) is 9.79 Å². The zero-order valence-corrected chi connectivity index (χ0v) is 15.7. The summed E-state index contributed by atoms with van der Waals surface area (Å²) in [5.41, 5.74) is 20.4. The highest BCUT2D eigenvalue weighted by Crippen LogP contribution is 2.23. The van der Waals surface area contributed by atoms with Gasteiger partial charge in [-0.05, 0) is 19.3 Å². The molecule has 12 nitrogen and oxygen atoms in total. The van der Waals surface area contributed by atoms with Crippen LogP contribution in [0.1, 0.15) is 32.6 Å². The Kier molecular flexibility index (Phi) is 7.97. The van der Waals surface area contributed by atoms with Crippen LogP contribution in [-0.4, -0.2) is 66.4 Å². The maximum atomic E-state index is 12.6. The van der Waals surface area contributed by atoms with Crippen LogP contribution in [-0.2, 0) is 9.59 Å². The third-order valence-electron chi connectivity index (χ3n) is 4.46. The summed E-state index contributed by atoms with van der Waals surface area (Å²) < 4.78 is 0. The van der Waals surface area contributed by atoms with Gasteiger partial charge in [-0.15, -0.1) is 0 Å². The second kappa shape index (κ2) is 9.71. The topological polar surface area (TPSA) is 207 Å². The quantitative estimate of drug-likeness (QED) is 0.152. The lowest BCUT2D eigenvalue weighted by Crippen LogP contribution is -2.66. The average molecular weight is 383 g/mol. The summed E-state index contributed by atoms with van der Waals surface area (Å²) in [6.45, 7) is 2.22. The SMILES string of the molecule is CC[C@]1(N(C)C(=O)C[C@H](N)CCCN=C(N)N)CN=C(NC(N)=O)NC1=O. The highest BCUT2D eigenvalue weighted by Gasteiger charge is 2.45. The fourth-order valence-corrected chi connectivity index (χ4v) is 2.76. The zero-order chi connectivity index (χ0) is 20.6. The van der Waals surface area contributed by atoms with Crippen molar-refractivity contribution in [2.24, 2.45) is 32.9 Å². The van der Waals surface area contributed by atoms with E-state index in [1.54, 1.807) is 14.0 Å². The van der Waals surface area contributed by atoms with Gasteiger partial charge in [-0.3, -0.25) is 25.2 Å². The summed E-state index contributed by atoms with van der Waals surface area (Å²) in [7, 11) is 1.54. The Bertz CT molecular complexity index is 630. The van der Waals surface area contributed by atoms with Crippen molar-refractivity contribution in [2.45, 2.75) is 44.2 Å². The molecule has 1 aliphatic heterocycles. The molecule has 1 rings (SSSR count). The van der Waals surface area contributed by atoms with E-state index in [2.05, 4.69) is 20.6 Å². The molecule has 0 aromatic heterocycles. The summed E-state index contributed by atoms with van der Waals surface area (Å²) in [6, 6.07) is -1.22. The van der Waals surface area contributed by atoms with Gasteiger partial charge in [0, 0.05) is 26.1 Å². The number of nitrogens with two attached hydrogens (primary N) is 4. The van der Waals surface area contributed by atoms with Crippen LogP contribution in [0.25, 0.3) is 0 Å². The van der Waals surface area contributed by atoms with Gasteiger partial charge in [0.25, 0.3) is 5.91 Å². The lowest BCUT2D eigenvalue weighted by molar-refractivity contribution is -0.145. The van der Waals surface area contributed by atoms with Gasteiger partial charge in [-0.2, -0.15) is 0 Å². The van der Waals surface area contributed by atoms with E-state index in [9.17, 15) is 14.4 Å². The number of carbonyl (C=O) groups excluding carboxylic acids is 3. The lowest BCUT2D eigenvalue weighted by atomic mass is 9.91. The van der Waals surface area contributed by atoms with Gasteiger partial charge in [-0.1, -0.05) is 6.92 Å². The number of urea groups is 1. The van der Waals surface area contributed by atoms with Crippen LogP contribution in [0.3, 0.4) is 0 Å². The van der Waals surface area contributed by atoms with Crippen molar-refractivity contribution in [1.82, 2.24) is 15.5 Å². The number of nitrogens with zero attached hydrogens (tertiary/aromatic N) is 3. The maximum Gasteiger partial charge on any atom is 0.318 e. The second-order valence-corrected chi connectivity index (χ2v) is 6.36. The number of guanidine groups is 2. The van der Waals surface area contributed by atoms with E-state index >= 15 is 0 Å². The molecule has 0 saturated heterocycles. The Morgan fingerprint density at radius 2 is 2.07 bits per heavy atom. The normalized spacial score (nSPS) is 20.1. The molecule has 0 aromatic carbocycles. The van der Waals surface area contributed by atoms with Crippen LogP contribution in [0, 0.1) is 0 Å². The molecule has 0 spiro atoms. The maximum absolute atomic E-state index is 12.6. The number of aliphatic imine (C=N–C) groups is 2. The molecule has 2 atom stereocenters. The molecule has 4 amide bonds. The molecule has 0 aliphatic carbocycles. The standard InChI is InChI=1S/C15H29N9O3/c1-3-15(8-21-14(22-11(15)26)23-13(19)27)24(2)10(25)7-9(16)5-4-6-20-12(17)18/h9H,3-8,16H2,1-2H3,(H4,17,18,20)(H4,19,21,22,23,26,27)/t9-,15+/m1/s1. The van der Waals surface area contributed by atoms with Crippen LogP contribution in [0.15, 0.2) is 9.98 Å². The van der Waals surface area contributed by atoms with Crippen LogP contribution in [0.5, 0.6) is 0 Å². The third kappa shape index (κ3) is 6.09. The van der Waals surface area contributed by atoms with Crippen molar-refractivity contribution < 1.29 is 14.4 Å². The summed E-state index contributed by atoms with van der Waals surface area (Å²) in [5, 5.41) is 4.68. The first-order valence-corrected chi connectivity index (χ1v) is 8.62. The van der Waals surface area contributed by atoms with Crippen molar-refractivity contribution in [2.75, 3.05) is 20.1 Å². The molecular weight excluding hydrogens is 354 g/mol. The van der Waals surface area contributed by atoms with E-state index in [1.165, 1.54) is 4.90 Å². The Morgan fingerprint density at radius 1 is 1.41 bits per heavy atom. The molecule has 12 heteroatoms. The Labute approximate surface area is 157 Å². The predicted molar refractivity (Wildman–Crippen MR) is 101 cm³/mol. The van der Waals surface area contributed by atoms with Crippen LogP contribution < -0.4 is 33.6 Å². The number of hydrogen-bond donors (Lipinski definition) is 6. The van der Waals surface area contributed by atoms with Gasteiger partial charge in [0.05, 0.1) is 6.54 Å². The van der Waals surface area contributed by atoms with Crippen molar-refractivity contribution in [3.8, 4) is 0 Å². The molecule has 1 aliphatic rings. The minimum atomic E-state index is -1.15. The van der Waals surface area contributed by atoms with E-state index in [1.807, 2.05) is 0 Å². The third-order valence-corrected chi connectivity index (χ3v) is 4.46. The first-order chi connectivity index (χ1) is 12.6. The highest BCUT2D eigenvalue weighted by molar-refractivity contribution is 6.09. The van der Waals surface area contributed by atoms with Crippen molar-refractivity contribution in [3.63, 3.8) is 0 Å². The van der Waals surface area contributed by atoms with E-state index < -0.39 is 17.5 Å². The number of carbonyl (C=O) groups is 3. The minimum absolute atomic E-state index is 0.00686. The molecule has 27 heavy (non-hydrogen) atoms. The average Bonchev–Trinajstić information content (AvgIpc) is 2.58. The van der Waals surface area contributed by atoms with Gasteiger partial charge in [0.15, 0.2) is 5.96 Å². The number of rotatable bonds is 8. The van der Waals surface area contributed by atoms with Crippen LogP contribution >= 0.6 is 0 Å². The highest BCUT2D eigenvalue weighted by atomic mass is 16.2. The fourth-order valence-electron chi connectivity index (χ4n) is 2.76. The summed E-state index contributed by atoms with van der Waals surface area (Å²) in [5.74, 6) is -0.740. The molecule has 0 aromatic rings. The number of amides is 4. The summed E-state index contributed by atoms with van der Waals surface area (Å²) in [4.78, 5) is 45.5. The van der Waals surface area contributed by atoms with Crippen LogP contribution in [0.2, 0.25) is 0 Å². The summed E-state index contributed by atoms with van der Waals surface area (Å²) in [6.07, 6.45) is 1.62.